The van der Waals surface area contributed by atoms with Crippen molar-refractivity contribution in [1.82, 2.24) is 5.32 Å². The molecule has 1 unspecified atom stereocenters. The van der Waals surface area contributed by atoms with Gasteiger partial charge in [0.1, 0.15) is 12.4 Å². The molecule has 1 N–H and O–H groups in total. The van der Waals surface area contributed by atoms with E-state index in [4.69, 9.17) is 4.74 Å². The van der Waals surface area contributed by atoms with Crippen molar-refractivity contribution in [3.63, 3.8) is 0 Å². The van der Waals surface area contributed by atoms with E-state index in [0.717, 1.165) is 6.54 Å². The molecule has 0 aromatic heterocycles. The molecule has 17 heavy (non-hydrogen) atoms. The van der Waals surface area contributed by atoms with Crippen LogP contribution < -0.4 is 5.32 Å². The summed E-state index contributed by atoms with van der Waals surface area (Å²) in [6.45, 7) is 2.44. The van der Waals surface area contributed by atoms with Crippen molar-refractivity contribution < 1.29 is 17.9 Å². The molecule has 0 saturated carbocycles. The Balaban J connectivity index is 2.63. The van der Waals surface area contributed by atoms with Gasteiger partial charge in [-0.2, -0.15) is 0 Å². The minimum Gasteiger partial charge on any atom is -0.366 e. The molecule has 0 aliphatic heterocycles. The Hall–Kier alpha value is -1.07. The highest BCUT2D eigenvalue weighted by Crippen LogP contribution is 2.18. The van der Waals surface area contributed by atoms with Crippen LogP contribution in [0.15, 0.2) is 24.3 Å². The van der Waals surface area contributed by atoms with Gasteiger partial charge in [0.2, 0.25) is 0 Å². The Morgan fingerprint density at radius 1 is 1.24 bits per heavy atom. The lowest BCUT2D eigenvalue weighted by molar-refractivity contribution is -0.0244. The molecule has 0 saturated heterocycles. The summed E-state index contributed by atoms with van der Waals surface area (Å²) in [6, 6.07) is 5.67. The highest BCUT2D eigenvalue weighted by Gasteiger charge is 2.14. The van der Waals surface area contributed by atoms with Crippen molar-refractivity contribution >= 4 is 0 Å². The van der Waals surface area contributed by atoms with Gasteiger partial charge in [-0.1, -0.05) is 19.1 Å². The third kappa shape index (κ3) is 5.19. The minimum atomic E-state index is -2.50. The van der Waals surface area contributed by atoms with Gasteiger partial charge < -0.3 is 10.1 Å². The van der Waals surface area contributed by atoms with Gasteiger partial charge in [0.05, 0.1) is 6.10 Å². The van der Waals surface area contributed by atoms with Crippen molar-refractivity contribution in [3.05, 3.63) is 35.6 Å². The van der Waals surface area contributed by atoms with Crippen molar-refractivity contribution in [2.45, 2.75) is 19.5 Å². The largest absolute Gasteiger partial charge is 0.366 e. The van der Waals surface area contributed by atoms with Gasteiger partial charge in [-0.15, -0.1) is 0 Å². The van der Waals surface area contributed by atoms with Gasteiger partial charge >= 0.3 is 0 Å². The van der Waals surface area contributed by atoms with E-state index in [1.54, 1.807) is 12.1 Å². The van der Waals surface area contributed by atoms with E-state index in [2.05, 4.69) is 5.32 Å². The second-order valence-electron chi connectivity index (χ2n) is 3.57. The Kier molecular flexibility index (Phi) is 6.00. The number of rotatable bonds is 7. The molecule has 0 amide bonds. The van der Waals surface area contributed by atoms with E-state index in [9.17, 15) is 13.2 Å². The second-order valence-corrected chi connectivity index (χ2v) is 3.57. The van der Waals surface area contributed by atoms with Crippen molar-refractivity contribution in [2.24, 2.45) is 0 Å². The molecule has 5 heteroatoms. The predicted molar refractivity (Wildman–Crippen MR) is 59.6 cm³/mol. The van der Waals surface area contributed by atoms with Crippen molar-refractivity contribution in [3.8, 4) is 0 Å². The molecule has 0 bridgehead atoms. The Morgan fingerprint density at radius 3 is 2.41 bits per heavy atom. The van der Waals surface area contributed by atoms with Crippen LogP contribution in [0.1, 0.15) is 18.6 Å². The number of benzene rings is 1. The SMILES string of the molecule is CCNCC(OCC(F)F)c1ccc(F)cc1. The molecular formula is C12H16F3NO. The van der Waals surface area contributed by atoms with E-state index < -0.39 is 19.1 Å². The summed E-state index contributed by atoms with van der Waals surface area (Å²) >= 11 is 0. The molecule has 0 heterocycles. The fourth-order valence-corrected chi connectivity index (χ4v) is 1.41. The highest BCUT2D eigenvalue weighted by molar-refractivity contribution is 5.19. The fourth-order valence-electron chi connectivity index (χ4n) is 1.41. The first kappa shape index (κ1) is 14.0. The van der Waals surface area contributed by atoms with Crippen LogP contribution in [0.25, 0.3) is 0 Å². The molecule has 1 aromatic carbocycles. The topological polar surface area (TPSA) is 21.3 Å². The molecule has 0 aliphatic rings. The zero-order valence-corrected chi connectivity index (χ0v) is 9.63. The van der Waals surface area contributed by atoms with Crippen molar-refractivity contribution in [2.75, 3.05) is 19.7 Å². The average Bonchev–Trinajstić information content (AvgIpc) is 2.30. The molecule has 0 radical (unpaired) electrons. The Bertz CT molecular complexity index is 316. The van der Waals surface area contributed by atoms with Gasteiger partial charge in [0, 0.05) is 6.54 Å². The second kappa shape index (κ2) is 7.29. The summed E-state index contributed by atoms with van der Waals surface area (Å²) in [5, 5.41) is 3.02. The Labute approximate surface area is 98.8 Å². The van der Waals surface area contributed by atoms with Gasteiger partial charge in [0.15, 0.2) is 0 Å². The number of halogens is 3. The standard InChI is InChI=1S/C12H16F3NO/c1-2-16-7-11(17-8-12(14)15)9-3-5-10(13)6-4-9/h3-6,11-12,16H,2,7-8H2,1H3. The van der Waals surface area contributed by atoms with E-state index in [-0.39, 0.29) is 5.82 Å². The molecule has 1 rings (SSSR count). The summed E-state index contributed by atoms with van der Waals surface area (Å²) in [4.78, 5) is 0. The lowest BCUT2D eigenvalue weighted by Crippen LogP contribution is -2.24. The third-order valence-corrected chi connectivity index (χ3v) is 2.24. The highest BCUT2D eigenvalue weighted by atomic mass is 19.3. The first-order chi connectivity index (χ1) is 8.13. The van der Waals surface area contributed by atoms with E-state index in [0.29, 0.717) is 12.1 Å². The van der Waals surface area contributed by atoms with Crippen LogP contribution >= 0.6 is 0 Å². The summed E-state index contributed by atoms with van der Waals surface area (Å²) in [5.74, 6) is -0.357. The lowest BCUT2D eigenvalue weighted by atomic mass is 10.1. The van der Waals surface area contributed by atoms with Gasteiger partial charge in [0.25, 0.3) is 6.43 Å². The maximum absolute atomic E-state index is 12.7. The van der Waals surface area contributed by atoms with Crippen LogP contribution in [-0.2, 0) is 4.74 Å². The lowest BCUT2D eigenvalue weighted by Gasteiger charge is -2.18. The molecule has 2 nitrogen and oxygen atoms in total. The number of likely N-dealkylation sites (N-methyl/N-ethyl adjacent to an activating group) is 1. The first-order valence-corrected chi connectivity index (χ1v) is 5.49. The zero-order valence-electron chi connectivity index (χ0n) is 9.63. The van der Waals surface area contributed by atoms with Gasteiger partial charge in [-0.05, 0) is 24.2 Å². The summed E-state index contributed by atoms with van der Waals surface area (Å²) in [6.07, 6.45) is -2.98. The number of nitrogens with one attached hydrogen (secondary N) is 1. The maximum atomic E-state index is 12.7. The molecule has 1 aromatic rings. The minimum absolute atomic E-state index is 0.357. The number of hydrogen-bond donors (Lipinski definition) is 1. The summed E-state index contributed by atoms with van der Waals surface area (Å²) < 4.78 is 42.0. The van der Waals surface area contributed by atoms with Crippen LogP contribution in [0.3, 0.4) is 0 Å². The smallest absolute Gasteiger partial charge is 0.261 e. The maximum Gasteiger partial charge on any atom is 0.261 e. The number of ether oxygens (including phenoxy) is 1. The molecule has 0 fully saturated rings. The molecule has 1 atom stereocenters. The monoisotopic (exact) mass is 247 g/mol. The van der Waals surface area contributed by atoms with Crippen LogP contribution in [0.4, 0.5) is 13.2 Å². The normalized spacial score (nSPS) is 13.0. The van der Waals surface area contributed by atoms with E-state index in [1.807, 2.05) is 6.92 Å². The third-order valence-electron chi connectivity index (χ3n) is 2.24. The summed E-state index contributed by atoms with van der Waals surface area (Å²) in [7, 11) is 0. The summed E-state index contributed by atoms with van der Waals surface area (Å²) in [5.41, 5.74) is 0.688. The van der Waals surface area contributed by atoms with Gasteiger partial charge in [-0.3, -0.25) is 0 Å². The van der Waals surface area contributed by atoms with Crippen LogP contribution in [0.2, 0.25) is 0 Å². The van der Waals surface area contributed by atoms with Crippen molar-refractivity contribution in [1.29, 1.82) is 0 Å². The van der Waals surface area contributed by atoms with Gasteiger partial charge in [-0.25, -0.2) is 13.2 Å². The Morgan fingerprint density at radius 2 is 1.88 bits per heavy atom. The fraction of sp³-hybridized carbons (Fsp3) is 0.500. The van der Waals surface area contributed by atoms with Crippen LogP contribution in [-0.4, -0.2) is 26.1 Å². The molecule has 0 aliphatic carbocycles. The first-order valence-electron chi connectivity index (χ1n) is 5.49. The zero-order chi connectivity index (χ0) is 12.7. The van der Waals surface area contributed by atoms with E-state index in [1.165, 1.54) is 12.1 Å². The molecule has 96 valence electrons. The van der Waals surface area contributed by atoms with E-state index >= 15 is 0 Å². The predicted octanol–water partition coefficient (Wildman–Crippen LogP) is 2.76. The van der Waals surface area contributed by atoms with Crippen LogP contribution in [0, 0.1) is 5.82 Å². The quantitative estimate of drug-likeness (QED) is 0.800. The van der Waals surface area contributed by atoms with Crippen LogP contribution in [0.5, 0.6) is 0 Å². The molecule has 0 spiro atoms. The average molecular weight is 247 g/mol. The number of hydrogen-bond acceptors (Lipinski definition) is 2. The number of alkyl halides is 2. The molecular weight excluding hydrogens is 231 g/mol.